The van der Waals surface area contributed by atoms with Crippen LogP contribution in [0.25, 0.3) is 0 Å². The minimum absolute atomic E-state index is 0.123. The Morgan fingerprint density at radius 2 is 2.04 bits per heavy atom. The van der Waals surface area contributed by atoms with Gasteiger partial charge in [0.2, 0.25) is 5.91 Å². The molecular weight excluding hydrogens is 329 g/mol. The SMILES string of the molecule is Nc1ccc(F)c(NC(=O)CCN2CC[C@@H]2c2ccc(Cl)cc2)c1. The van der Waals surface area contributed by atoms with Crippen molar-refractivity contribution in [3.63, 3.8) is 0 Å². The number of nitrogens with one attached hydrogen (secondary N) is 1. The van der Waals surface area contributed by atoms with E-state index in [-0.39, 0.29) is 11.6 Å². The van der Waals surface area contributed by atoms with Gasteiger partial charge in [-0.3, -0.25) is 9.69 Å². The Kier molecular flexibility index (Phi) is 5.02. The molecule has 0 saturated carbocycles. The number of rotatable bonds is 5. The predicted octanol–water partition coefficient (Wildman–Crippen LogP) is 3.84. The zero-order valence-corrected chi connectivity index (χ0v) is 13.9. The van der Waals surface area contributed by atoms with Crippen molar-refractivity contribution in [2.75, 3.05) is 24.1 Å². The van der Waals surface area contributed by atoms with Crippen LogP contribution in [0.4, 0.5) is 15.8 Å². The summed E-state index contributed by atoms with van der Waals surface area (Å²) in [5, 5.41) is 3.29. The quantitative estimate of drug-likeness (QED) is 0.808. The number of benzene rings is 2. The molecule has 3 rings (SSSR count). The molecular formula is C18H19ClFN3O. The Morgan fingerprint density at radius 3 is 2.71 bits per heavy atom. The molecule has 1 atom stereocenters. The van der Waals surface area contributed by atoms with Gasteiger partial charge in [0, 0.05) is 36.3 Å². The van der Waals surface area contributed by atoms with Gasteiger partial charge in [-0.1, -0.05) is 23.7 Å². The van der Waals surface area contributed by atoms with Gasteiger partial charge in [0.1, 0.15) is 5.82 Å². The highest BCUT2D eigenvalue weighted by atomic mass is 35.5. The first kappa shape index (κ1) is 16.7. The molecule has 1 aliphatic heterocycles. The molecule has 2 aromatic carbocycles. The summed E-state index contributed by atoms with van der Waals surface area (Å²) >= 11 is 5.91. The lowest BCUT2D eigenvalue weighted by Crippen LogP contribution is -2.42. The van der Waals surface area contributed by atoms with Gasteiger partial charge in [0.25, 0.3) is 0 Å². The van der Waals surface area contributed by atoms with Gasteiger partial charge >= 0.3 is 0 Å². The Morgan fingerprint density at radius 1 is 1.29 bits per heavy atom. The second kappa shape index (κ2) is 7.20. The number of hydrogen-bond acceptors (Lipinski definition) is 3. The lowest BCUT2D eigenvalue weighted by atomic mass is 9.94. The fraction of sp³-hybridized carbons (Fsp3) is 0.278. The normalized spacial score (nSPS) is 17.3. The number of nitrogens with two attached hydrogens (primary N) is 1. The van der Waals surface area contributed by atoms with Crippen LogP contribution in [0.1, 0.15) is 24.4 Å². The van der Waals surface area contributed by atoms with Gasteiger partial charge in [-0.2, -0.15) is 0 Å². The van der Waals surface area contributed by atoms with Crippen LogP contribution in [0.2, 0.25) is 5.02 Å². The molecule has 0 bridgehead atoms. The fourth-order valence-corrected chi connectivity index (χ4v) is 2.99. The number of carbonyl (C=O) groups is 1. The van der Waals surface area contributed by atoms with E-state index in [2.05, 4.69) is 10.2 Å². The highest BCUT2D eigenvalue weighted by Gasteiger charge is 2.29. The zero-order chi connectivity index (χ0) is 17.1. The molecule has 0 aliphatic carbocycles. The molecule has 6 heteroatoms. The molecule has 0 radical (unpaired) electrons. The second-order valence-electron chi connectivity index (χ2n) is 5.93. The van der Waals surface area contributed by atoms with E-state index in [9.17, 15) is 9.18 Å². The van der Waals surface area contributed by atoms with Crippen LogP contribution in [0, 0.1) is 5.82 Å². The molecule has 1 saturated heterocycles. The Labute approximate surface area is 145 Å². The van der Waals surface area contributed by atoms with Gasteiger partial charge < -0.3 is 11.1 Å². The third kappa shape index (κ3) is 3.86. The molecule has 126 valence electrons. The summed E-state index contributed by atoms with van der Waals surface area (Å²) in [6.07, 6.45) is 1.37. The number of halogens is 2. The maximum atomic E-state index is 13.6. The van der Waals surface area contributed by atoms with Crippen LogP contribution in [0.15, 0.2) is 42.5 Å². The maximum absolute atomic E-state index is 13.6. The number of hydrogen-bond donors (Lipinski definition) is 2. The topological polar surface area (TPSA) is 58.4 Å². The van der Waals surface area contributed by atoms with Crippen molar-refractivity contribution < 1.29 is 9.18 Å². The van der Waals surface area contributed by atoms with Crippen LogP contribution in [0.3, 0.4) is 0 Å². The van der Waals surface area contributed by atoms with Crippen molar-refractivity contribution in [1.82, 2.24) is 4.90 Å². The molecule has 4 nitrogen and oxygen atoms in total. The van der Waals surface area contributed by atoms with E-state index in [0.717, 1.165) is 13.0 Å². The summed E-state index contributed by atoms with van der Waals surface area (Å²) in [7, 11) is 0. The first-order valence-electron chi connectivity index (χ1n) is 7.87. The highest BCUT2D eigenvalue weighted by Crippen LogP contribution is 2.33. The van der Waals surface area contributed by atoms with Crippen molar-refractivity contribution in [2.45, 2.75) is 18.9 Å². The Bertz CT molecular complexity index is 736. The summed E-state index contributed by atoms with van der Waals surface area (Å²) in [5.74, 6) is -0.707. The third-order valence-corrected chi connectivity index (χ3v) is 4.53. The average molecular weight is 348 g/mol. The van der Waals surface area contributed by atoms with E-state index in [0.29, 0.717) is 29.7 Å². The summed E-state index contributed by atoms with van der Waals surface area (Å²) in [4.78, 5) is 14.3. The number of nitrogens with zero attached hydrogens (tertiary/aromatic N) is 1. The number of amides is 1. The lowest BCUT2D eigenvalue weighted by Gasteiger charge is -2.41. The van der Waals surface area contributed by atoms with Gasteiger partial charge in [-0.25, -0.2) is 4.39 Å². The van der Waals surface area contributed by atoms with Gasteiger partial charge in [0.15, 0.2) is 0 Å². The van der Waals surface area contributed by atoms with Crippen molar-refractivity contribution in [2.24, 2.45) is 0 Å². The van der Waals surface area contributed by atoms with E-state index >= 15 is 0 Å². The van der Waals surface area contributed by atoms with Gasteiger partial charge in [-0.05, 0) is 42.3 Å². The monoisotopic (exact) mass is 347 g/mol. The first-order valence-corrected chi connectivity index (χ1v) is 8.25. The molecule has 1 amide bonds. The molecule has 0 spiro atoms. The molecule has 3 N–H and O–H groups in total. The summed E-state index contributed by atoms with van der Waals surface area (Å²) in [6.45, 7) is 1.58. The van der Waals surface area contributed by atoms with Crippen molar-refractivity contribution in [3.05, 3.63) is 58.9 Å². The van der Waals surface area contributed by atoms with Crippen molar-refractivity contribution in [1.29, 1.82) is 0 Å². The second-order valence-corrected chi connectivity index (χ2v) is 6.37. The first-order chi connectivity index (χ1) is 11.5. The largest absolute Gasteiger partial charge is 0.399 e. The van der Waals surface area contributed by atoms with Crippen molar-refractivity contribution in [3.8, 4) is 0 Å². The molecule has 2 aromatic rings. The van der Waals surface area contributed by atoms with Crippen LogP contribution < -0.4 is 11.1 Å². The van der Waals surface area contributed by atoms with E-state index in [1.165, 1.54) is 23.8 Å². The Balaban J connectivity index is 1.53. The number of likely N-dealkylation sites (tertiary alicyclic amines) is 1. The maximum Gasteiger partial charge on any atom is 0.225 e. The smallest absolute Gasteiger partial charge is 0.225 e. The van der Waals surface area contributed by atoms with Crippen LogP contribution in [-0.2, 0) is 4.79 Å². The number of carbonyl (C=O) groups excluding carboxylic acids is 1. The minimum atomic E-state index is -0.486. The lowest BCUT2D eigenvalue weighted by molar-refractivity contribution is -0.117. The molecule has 24 heavy (non-hydrogen) atoms. The molecule has 1 aliphatic rings. The third-order valence-electron chi connectivity index (χ3n) is 4.28. The van der Waals surface area contributed by atoms with Gasteiger partial charge in [-0.15, -0.1) is 0 Å². The van der Waals surface area contributed by atoms with E-state index < -0.39 is 5.82 Å². The number of anilines is 2. The van der Waals surface area contributed by atoms with Crippen LogP contribution in [0.5, 0.6) is 0 Å². The van der Waals surface area contributed by atoms with Crippen LogP contribution >= 0.6 is 11.6 Å². The van der Waals surface area contributed by atoms with Crippen LogP contribution in [-0.4, -0.2) is 23.9 Å². The van der Waals surface area contributed by atoms with E-state index in [1.54, 1.807) is 0 Å². The fourth-order valence-electron chi connectivity index (χ4n) is 2.87. The average Bonchev–Trinajstić information content (AvgIpc) is 2.52. The predicted molar refractivity (Wildman–Crippen MR) is 94.4 cm³/mol. The van der Waals surface area contributed by atoms with Crippen molar-refractivity contribution >= 4 is 28.9 Å². The summed E-state index contributed by atoms with van der Waals surface area (Å²) in [5.41, 5.74) is 7.35. The molecule has 0 aromatic heterocycles. The molecule has 0 unspecified atom stereocenters. The highest BCUT2D eigenvalue weighted by molar-refractivity contribution is 6.30. The summed E-state index contributed by atoms with van der Waals surface area (Å²) < 4.78 is 13.6. The standard InChI is InChI=1S/C18H19ClFN3O/c19-13-3-1-12(2-4-13)17-7-9-23(17)10-8-18(24)22-16-11-14(21)5-6-15(16)20/h1-6,11,17H,7-10,21H2,(H,22,24)/t17-/m1/s1. The van der Waals surface area contributed by atoms with E-state index in [1.807, 2.05) is 24.3 Å². The molecule has 1 fully saturated rings. The number of nitrogen functional groups attached to an aromatic ring is 1. The van der Waals surface area contributed by atoms with Gasteiger partial charge in [0.05, 0.1) is 5.69 Å². The molecule has 1 heterocycles. The Hall–Kier alpha value is -2.11. The van der Waals surface area contributed by atoms with E-state index in [4.69, 9.17) is 17.3 Å². The zero-order valence-electron chi connectivity index (χ0n) is 13.1. The minimum Gasteiger partial charge on any atom is -0.399 e. The summed E-state index contributed by atoms with van der Waals surface area (Å²) in [6, 6.07) is 12.2.